The topological polar surface area (TPSA) is 78.8 Å². The number of carbonyl (C=O) groups is 1. The first-order valence-corrected chi connectivity index (χ1v) is 10.2. The Balaban J connectivity index is 2.07. The molecule has 1 saturated heterocycles. The third-order valence-corrected chi connectivity index (χ3v) is 6.13. The van der Waals surface area contributed by atoms with Crippen LogP contribution in [0.4, 0.5) is 0 Å². The van der Waals surface area contributed by atoms with Crippen LogP contribution < -0.4 is 5.43 Å². The highest BCUT2D eigenvalue weighted by atomic mass is 32.2. The summed E-state index contributed by atoms with van der Waals surface area (Å²) in [6.07, 6.45) is 3.59. The van der Waals surface area contributed by atoms with Crippen LogP contribution in [0.2, 0.25) is 0 Å². The van der Waals surface area contributed by atoms with Crippen molar-refractivity contribution >= 4 is 21.6 Å². The Labute approximate surface area is 150 Å². The highest BCUT2D eigenvalue weighted by Gasteiger charge is 2.27. The molecule has 1 aliphatic heterocycles. The number of sulfonamides is 1. The largest absolute Gasteiger partial charge is 0.271 e. The fraction of sp³-hybridized carbons (Fsp3) is 0.556. The van der Waals surface area contributed by atoms with Gasteiger partial charge in [-0.1, -0.05) is 19.9 Å². The maximum Gasteiger partial charge on any atom is 0.271 e. The lowest BCUT2D eigenvalue weighted by Crippen LogP contribution is -2.28. The zero-order chi connectivity index (χ0) is 18.4. The van der Waals surface area contributed by atoms with Crippen molar-refractivity contribution in [3.05, 3.63) is 29.8 Å². The average Bonchev–Trinajstić information content (AvgIpc) is 3.13. The molecule has 0 atom stereocenters. The highest BCUT2D eigenvalue weighted by molar-refractivity contribution is 7.89. The van der Waals surface area contributed by atoms with E-state index < -0.39 is 15.9 Å². The Kier molecular flexibility index (Phi) is 6.72. The summed E-state index contributed by atoms with van der Waals surface area (Å²) in [6.45, 7) is 7.23. The van der Waals surface area contributed by atoms with Gasteiger partial charge in [0.15, 0.2) is 0 Å². The van der Waals surface area contributed by atoms with Gasteiger partial charge in [-0.05, 0) is 56.7 Å². The quantitative estimate of drug-likeness (QED) is 0.596. The maximum atomic E-state index is 12.6. The van der Waals surface area contributed by atoms with Crippen LogP contribution in [0.25, 0.3) is 0 Å². The molecular formula is C18H27N3O3S. The lowest BCUT2D eigenvalue weighted by molar-refractivity contribution is 0.0954. The molecule has 0 saturated carbocycles. The SMILES string of the molecule is C/C(CCC(C)C)=N/NC(=O)c1cccc(S(=O)(=O)N2CCCC2)c1. The standard InChI is InChI=1S/C18H27N3O3S/c1-14(2)9-10-15(3)19-20-18(22)16-7-6-8-17(13-16)25(23,24)21-11-4-5-12-21/h6-8,13-14H,4-5,9-12H2,1-3H3,(H,20,22)/b19-15-. The molecule has 0 unspecified atom stereocenters. The number of nitrogens with zero attached hydrogens (tertiary/aromatic N) is 2. The van der Waals surface area contributed by atoms with E-state index in [9.17, 15) is 13.2 Å². The molecule has 1 aliphatic rings. The molecule has 1 aromatic carbocycles. The summed E-state index contributed by atoms with van der Waals surface area (Å²) in [5, 5.41) is 4.10. The maximum absolute atomic E-state index is 12.6. The summed E-state index contributed by atoms with van der Waals surface area (Å²) in [6, 6.07) is 6.13. The molecular weight excluding hydrogens is 338 g/mol. The summed E-state index contributed by atoms with van der Waals surface area (Å²) in [5.41, 5.74) is 3.65. The Morgan fingerprint density at radius 1 is 1.28 bits per heavy atom. The van der Waals surface area contributed by atoms with Crippen LogP contribution in [0.1, 0.15) is 56.8 Å². The number of benzene rings is 1. The van der Waals surface area contributed by atoms with Crippen molar-refractivity contribution in [3.63, 3.8) is 0 Å². The van der Waals surface area contributed by atoms with Gasteiger partial charge < -0.3 is 0 Å². The third-order valence-electron chi connectivity index (χ3n) is 4.23. The van der Waals surface area contributed by atoms with Crippen LogP contribution >= 0.6 is 0 Å². The Hall–Kier alpha value is -1.73. The summed E-state index contributed by atoms with van der Waals surface area (Å²) in [7, 11) is -3.53. The Morgan fingerprint density at radius 2 is 1.96 bits per heavy atom. The van der Waals surface area contributed by atoms with E-state index in [4.69, 9.17) is 0 Å². The van der Waals surface area contributed by atoms with Crippen molar-refractivity contribution in [1.29, 1.82) is 0 Å². The number of hydrogen-bond donors (Lipinski definition) is 1. The summed E-state index contributed by atoms with van der Waals surface area (Å²) in [5.74, 6) is 0.177. The summed E-state index contributed by atoms with van der Waals surface area (Å²) in [4.78, 5) is 12.4. The van der Waals surface area contributed by atoms with Gasteiger partial charge in [0.05, 0.1) is 4.90 Å². The predicted molar refractivity (Wildman–Crippen MR) is 99.1 cm³/mol. The van der Waals surface area contributed by atoms with E-state index in [2.05, 4.69) is 24.4 Å². The molecule has 0 aromatic heterocycles. The van der Waals surface area contributed by atoms with Crippen LogP contribution in [0.5, 0.6) is 0 Å². The van der Waals surface area contributed by atoms with Gasteiger partial charge in [0.1, 0.15) is 0 Å². The second-order valence-electron chi connectivity index (χ2n) is 6.86. The Morgan fingerprint density at radius 3 is 2.60 bits per heavy atom. The molecule has 0 aliphatic carbocycles. The first kappa shape index (κ1) is 19.6. The minimum Gasteiger partial charge on any atom is -0.267 e. The third kappa shape index (κ3) is 5.37. The van der Waals surface area contributed by atoms with Gasteiger partial charge >= 0.3 is 0 Å². The summed E-state index contributed by atoms with van der Waals surface area (Å²) < 4.78 is 26.7. The lowest BCUT2D eigenvalue weighted by Gasteiger charge is -2.15. The smallest absolute Gasteiger partial charge is 0.267 e. The molecule has 1 N–H and O–H groups in total. The van der Waals surface area contributed by atoms with E-state index in [1.165, 1.54) is 16.4 Å². The molecule has 0 spiro atoms. The van der Waals surface area contributed by atoms with Crippen LogP contribution in [-0.4, -0.2) is 37.4 Å². The number of hydrogen-bond acceptors (Lipinski definition) is 4. The van der Waals surface area contributed by atoms with E-state index in [1.54, 1.807) is 12.1 Å². The van der Waals surface area contributed by atoms with Gasteiger partial charge in [-0.15, -0.1) is 0 Å². The van der Waals surface area contributed by atoms with Gasteiger partial charge in [0.2, 0.25) is 10.0 Å². The molecule has 1 fully saturated rings. The minimum absolute atomic E-state index is 0.155. The lowest BCUT2D eigenvalue weighted by atomic mass is 10.1. The van der Waals surface area contributed by atoms with Gasteiger partial charge in [0.25, 0.3) is 5.91 Å². The number of rotatable bonds is 7. The van der Waals surface area contributed by atoms with E-state index in [-0.39, 0.29) is 4.90 Å². The van der Waals surface area contributed by atoms with Crippen molar-refractivity contribution < 1.29 is 13.2 Å². The second-order valence-corrected chi connectivity index (χ2v) is 8.80. The molecule has 0 bridgehead atoms. The van der Waals surface area contributed by atoms with E-state index in [0.29, 0.717) is 24.6 Å². The first-order valence-electron chi connectivity index (χ1n) is 8.74. The highest BCUT2D eigenvalue weighted by Crippen LogP contribution is 2.21. The number of amides is 1. The molecule has 1 amide bonds. The number of nitrogens with one attached hydrogen (secondary N) is 1. The number of carbonyl (C=O) groups excluding carboxylic acids is 1. The van der Waals surface area contributed by atoms with Crippen LogP contribution in [-0.2, 0) is 10.0 Å². The zero-order valence-corrected chi connectivity index (χ0v) is 16.0. The molecule has 25 heavy (non-hydrogen) atoms. The van der Waals surface area contributed by atoms with E-state index >= 15 is 0 Å². The van der Waals surface area contributed by atoms with Gasteiger partial charge in [-0.25, -0.2) is 13.8 Å². The Bertz CT molecular complexity index is 736. The van der Waals surface area contributed by atoms with Crippen LogP contribution in [0.15, 0.2) is 34.3 Å². The predicted octanol–water partition coefficient (Wildman–Crippen LogP) is 3.01. The molecule has 2 rings (SSSR count). The van der Waals surface area contributed by atoms with Gasteiger partial charge in [-0.3, -0.25) is 4.79 Å². The summed E-state index contributed by atoms with van der Waals surface area (Å²) >= 11 is 0. The van der Waals surface area contributed by atoms with E-state index in [1.807, 2.05) is 6.92 Å². The molecule has 0 radical (unpaired) electrons. The zero-order valence-electron chi connectivity index (χ0n) is 15.2. The van der Waals surface area contributed by atoms with Crippen molar-refractivity contribution in [3.8, 4) is 0 Å². The van der Waals surface area contributed by atoms with Crippen molar-refractivity contribution in [1.82, 2.24) is 9.73 Å². The normalized spacial score (nSPS) is 16.4. The number of hydrazone groups is 1. The monoisotopic (exact) mass is 365 g/mol. The van der Waals surface area contributed by atoms with E-state index in [0.717, 1.165) is 31.4 Å². The molecule has 1 aromatic rings. The molecule has 7 heteroatoms. The van der Waals surface area contributed by atoms with Crippen molar-refractivity contribution in [2.75, 3.05) is 13.1 Å². The van der Waals surface area contributed by atoms with Crippen molar-refractivity contribution in [2.24, 2.45) is 11.0 Å². The average molecular weight is 365 g/mol. The molecule has 6 nitrogen and oxygen atoms in total. The van der Waals surface area contributed by atoms with Gasteiger partial charge in [-0.2, -0.15) is 9.41 Å². The van der Waals surface area contributed by atoms with Crippen molar-refractivity contribution in [2.45, 2.75) is 51.3 Å². The first-order chi connectivity index (χ1) is 11.8. The second kappa shape index (κ2) is 8.58. The van der Waals surface area contributed by atoms with Crippen LogP contribution in [0, 0.1) is 5.92 Å². The molecule has 138 valence electrons. The van der Waals surface area contributed by atoms with Gasteiger partial charge in [0, 0.05) is 24.4 Å². The molecule has 1 heterocycles. The minimum atomic E-state index is -3.53. The fourth-order valence-electron chi connectivity index (χ4n) is 2.64. The van der Waals surface area contributed by atoms with Crippen LogP contribution in [0.3, 0.4) is 0 Å². The fourth-order valence-corrected chi connectivity index (χ4v) is 4.20.